The predicted molar refractivity (Wildman–Crippen MR) is 124 cm³/mol. The van der Waals surface area contributed by atoms with Crippen LogP contribution in [0.5, 0.6) is 5.75 Å². The summed E-state index contributed by atoms with van der Waals surface area (Å²) < 4.78 is 47.8. The monoisotopic (exact) mass is 472 g/mol. The molecule has 1 amide bonds. The smallest absolute Gasteiger partial charge is 0.417 e. The molecule has 1 unspecified atom stereocenters. The topological polar surface area (TPSA) is 68.2 Å². The van der Waals surface area contributed by atoms with Crippen LogP contribution in [0, 0.1) is 0 Å². The van der Waals surface area contributed by atoms with Crippen molar-refractivity contribution in [2.75, 3.05) is 18.5 Å². The molecule has 9 heteroatoms. The first-order chi connectivity index (χ1) is 16.3. The highest BCUT2D eigenvalue weighted by molar-refractivity contribution is 6.05. The molecule has 1 aromatic heterocycles. The quantitative estimate of drug-likeness (QED) is 0.492. The van der Waals surface area contributed by atoms with Crippen molar-refractivity contribution in [1.29, 1.82) is 0 Å². The van der Waals surface area contributed by atoms with Crippen LogP contribution in [-0.2, 0) is 13.2 Å². The molecule has 0 aliphatic carbocycles. The molecular formula is C25H27F3N4O2. The van der Waals surface area contributed by atoms with Gasteiger partial charge in [-0.1, -0.05) is 18.6 Å². The maximum atomic E-state index is 13.3. The summed E-state index contributed by atoms with van der Waals surface area (Å²) >= 11 is 0. The third-order valence-corrected chi connectivity index (χ3v) is 5.95. The Balaban J connectivity index is 1.55. The van der Waals surface area contributed by atoms with Crippen LogP contribution in [0.2, 0.25) is 0 Å². The van der Waals surface area contributed by atoms with E-state index in [9.17, 15) is 18.0 Å². The van der Waals surface area contributed by atoms with Gasteiger partial charge in [-0.05, 0) is 62.2 Å². The molecule has 1 fully saturated rings. The van der Waals surface area contributed by atoms with Crippen molar-refractivity contribution in [2.24, 2.45) is 7.05 Å². The Morgan fingerprint density at radius 1 is 1.21 bits per heavy atom. The second-order valence-corrected chi connectivity index (χ2v) is 8.33. The van der Waals surface area contributed by atoms with Gasteiger partial charge < -0.3 is 15.4 Å². The summed E-state index contributed by atoms with van der Waals surface area (Å²) in [6.45, 7) is 1.55. The van der Waals surface area contributed by atoms with Crippen LogP contribution in [0.4, 0.5) is 18.9 Å². The second-order valence-electron chi connectivity index (χ2n) is 8.33. The molecule has 0 radical (unpaired) electrons. The van der Waals surface area contributed by atoms with Gasteiger partial charge in [-0.25, -0.2) is 0 Å². The van der Waals surface area contributed by atoms with Crippen molar-refractivity contribution in [3.8, 4) is 17.0 Å². The lowest BCUT2D eigenvalue weighted by molar-refractivity contribution is -0.137. The van der Waals surface area contributed by atoms with Crippen molar-refractivity contribution < 1.29 is 22.7 Å². The zero-order chi connectivity index (χ0) is 24.1. The van der Waals surface area contributed by atoms with Gasteiger partial charge in [0.05, 0.1) is 23.4 Å². The molecule has 1 atom stereocenters. The van der Waals surface area contributed by atoms with Crippen molar-refractivity contribution in [2.45, 2.75) is 37.9 Å². The van der Waals surface area contributed by atoms with E-state index in [-0.39, 0.29) is 0 Å². The number of carbonyl (C=O) groups excluding carboxylic acids is 1. The Kier molecular flexibility index (Phi) is 7.21. The Hall–Kier alpha value is -3.33. The number of anilines is 1. The Morgan fingerprint density at radius 2 is 2.03 bits per heavy atom. The van der Waals surface area contributed by atoms with E-state index in [1.807, 2.05) is 6.07 Å². The van der Waals surface area contributed by atoms with Crippen molar-refractivity contribution in [3.63, 3.8) is 0 Å². The molecule has 2 N–H and O–H groups in total. The number of hydrogen-bond acceptors (Lipinski definition) is 4. The van der Waals surface area contributed by atoms with Crippen LogP contribution in [0.15, 0.2) is 54.7 Å². The van der Waals surface area contributed by atoms with Gasteiger partial charge in [0.2, 0.25) is 0 Å². The lowest BCUT2D eigenvalue weighted by atomic mass is 10.0. The molecule has 2 heterocycles. The van der Waals surface area contributed by atoms with Gasteiger partial charge in [0, 0.05) is 30.5 Å². The Morgan fingerprint density at radius 3 is 2.74 bits per heavy atom. The van der Waals surface area contributed by atoms with E-state index in [0.29, 0.717) is 29.6 Å². The van der Waals surface area contributed by atoms with Crippen LogP contribution < -0.4 is 15.4 Å². The summed E-state index contributed by atoms with van der Waals surface area (Å²) in [5.74, 6) is -0.214. The summed E-state index contributed by atoms with van der Waals surface area (Å²) in [6, 6.07) is 12.0. The number of aryl methyl sites for hydroxylation is 1. The minimum Gasteiger partial charge on any atom is -0.493 e. The Bertz CT molecular complexity index is 1140. The third kappa shape index (κ3) is 5.59. The SMILES string of the molecule is Cn1nccc1-c1cc(NC(=O)c2ccccc2C(F)(F)F)ccc1OCCC1CCCCN1. The molecule has 0 saturated carbocycles. The zero-order valence-electron chi connectivity index (χ0n) is 18.9. The van der Waals surface area contributed by atoms with Crippen molar-refractivity contribution in [1.82, 2.24) is 15.1 Å². The standard InChI is InChI=1S/C25H27F3N4O2/c1-32-22(11-14-30-32)20-16-18(9-10-23(20)34-15-12-17-6-4-5-13-29-17)31-24(33)19-7-2-3-8-21(19)25(26,27)28/h2-3,7-11,14,16-17,29H,4-6,12-13,15H2,1H3,(H,31,33). The van der Waals surface area contributed by atoms with Crippen LogP contribution in [0.1, 0.15) is 41.6 Å². The van der Waals surface area contributed by atoms with Gasteiger partial charge in [0.1, 0.15) is 5.75 Å². The number of halogens is 3. The molecule has 3 aromatic rings. The third-order valence-electron chi connectivity index (χ3n) is 5.95. The minimum atomic E-state index is -4.63. The lowest BCUT2D eigenvalue weighted by Gasteiger charge is -2.23. The number of nitrogens with zero attached hydrogens (tertiary/aromatic N) is 2. The zero-order valence-corrected chi connectivity index (χ0v) is 18.9. The number of amides is 1. The number of carbonyl (C=O) groups is 1. The van der Waals surface area contributed by atoms with E-state index in [1.165, 1.54) is 25.0 Å². The largest absolute Gasteiger partial charge is 0.493 e. The van der Waals surface area contributed by atoms with Gasteiger partial charge in [0.15, 0.2) is 0 Å². The molecule has 1 saturated heterocycles. The normalized spacial score (nSPS) is 16.3. The van der Waals surface area contributed by atoms with Gasteiger partial charge in [-0.15, -0.1) is 0 Å². The number of aromatic nitrogens is 2. The maximum absolute atomic E-state index is 13.3. The van der Waals surface area contributed by atoms with Gasteiger partial charge in [-0.2, -0.15) is 18.3 Å². The highest BCUT2D eigenvalue weighted by Crippen LogP contribution is 2.34. The molecule has 180 valence electrons. The summed E-state index contributed by atoms with van der Waals surface area (Å²) in [5.41, 5.74) is 0.406. The average Bonchev–Trinajstić information content (AvgIpc) is 3.25. The highest BCUT2D eigenvalue weighted by atomic mass is 19.4. The number of hydrogen-bond donors (Lipinski definition) is 2. The van der Waals surface area contributed by atoms with E-state index in [2.05, 4.69) is 15.7 Å². The number of rotatable bonds is 7. The predicted octanol–water partition coefficient (Wildman–Crippen LogP) is 5.27. The first-order valence-electron chi connectivity index (χ1n) is 11.3. The molecule has 0 spiro atoms. The fourth-order valence-electron chi connectivity index (χ4n) is 4.18. The minimum absolute atomic E-state index is 0.361. The van der Waals surface area contributed by atoms with Crippen LogP contribution in [0.25, 0.3) is 11.3 Å². The molecule has 4 rings (SSSR count). The first kappa shape index (κ1) is 23.8. The first-order valence-corrected chi connectivity index (χ1v) is 11.3. The van der Waals surface area contributed by atoms with Gasteiger partial charge in [-0.3, -0.25) is 9.48 Å². The van der Waals surface area contributed by atoms with Crippen molar-refractivity contribution in [3.05, 3.63) is 65.9 Å². The molecule has 1 aliphatic heterocycles. The van der Waals surface area contributed by atoms with Gasteiger partial charge >= 0.3 is 6.18 Å². The molecular weight excluding hydrogens is 445 g/mol. The number of piperidine rings is 1. The van der Waals surface area contributed by atoms with Crippen molar-refractivity contribution >= 4 is 11.6 Å². The van der Waals surface area contributed by atoms with Crippen LogP contribution >= 0.6 is 0 Å². The number of benzene rings is 2. The van der Waals surface area contributed by atoms with E-state index in [1.54, 1.807) is 36.1 Å². The van der Waals surface area contributed by atoms with Gasteiger partial charge in [0.25, 0.3) is 5.91 Å². The summed E-state index contributed by atoms with van der Waals surface area (Å²) in [5, 5.41) is 10.3. The summed E-state index contributed by atoms with van der Waals surface area (Å²) in [7, 11) is 1.79. The molecule has 6 nitrogen and oxygen atoms in total. The summed E-state index contributed by atoms with van der Waals surface area (Å²) in [6.07, 6.45) is 1.43. The number of ether oxygens (including phenoxy) is 1. The lowest BCUT2D eigenvalue weighted by Crippen LogP contribution is -2.35. The van der Waals surface area contributed by atoms with E-state index >= 15 is 0 Å². The van der Waals surface area contributed by atoms with Crippen LogP contribution in [0.3, 0.4) is 0 Å². The van der Waals surface area contributed by atoms with E-state index < -0.39 is 23.2 Å². The number of alkyl halides is 3. The molecule has 2 aromatic carbocycles. The fraction of sp³-hybridized carbons (Fsp3) is 0.360. The molecule has 34 heavy (non-hydrogen) atoms. The average molecular weight is 473 g/mol. The summed E-state index contributed by atoms with van der Waals surface area (Å²) in [4.78, 5) is 12.7. The second kappa shape index (κ2) is 10.3. The molecule has 1 aliphatic rings. The van der Waals surface area contributed by atoms with E-state index in [4.69, 9.17) is 4.74 Å². The van der Waals surface area contributed by atoms with E-state index in [0.717, 1.165) is 37.2 Å². The highest BCUT2D eigenvalue weighted by Gasteiger charge is 2.34. The molecule has 0 bridgehead atoms. The fourth-order valence-corrected chi connectivity index (χ4v) is 4.18. The Labute approximate surface area is 196 Å². The van der Waals surface area contributed by atoms with Crippen LogP contribution in [-0.4, -0.2) is 34.9 Å². The number of nitrogens with one attached hydrogen (secondary N) is 2. The maximum Gasteiger partial charge on any atom is 0.417 e.